The van der Waals surface area contributed by atoms with Crippen molar-refractivity contribution in [2.75, 3.05) is 27.7 Å². The molecular weight excluding hydrogens is 290 g/mol. The minimum atomic E-state index is -0.538. The lowest BCUT2D eigenvalue weighted by molar-refractivity contribution is -0.174. The number of carbonyl (C=O) groups is 1. The van der Waals surface area contributed by atoms with Crippen LogP contribution in [0.5, 0.6) is 5.75 Å². The molecule has 23 heavy (non-hydrogen) atoms. The summed E-state index contributed by atoms with van der Waals surface area (Å²) < 4.78 is 11.5. The number of hydrogen-bond donors (Lipinski definition) is 0. The predicted octanol–water partition coefficient (Wildman–Crippen LogP) is 3.60. The van der Waals surface area contributed by atoms with Crippen molar-refractivity contribution in [3.05, 3.63) is 29.8 Å². The van der Waals surface area contributed by atoms with Crippen LogP contribution in [0.4, 0.5) is 0 Å². The van der Waals surface area contributed by atoms with Gasteiger partial charge in [0, 0.05) is 18.9 Å². The van der Waals surface area contributed by atoms with Gasteiger partial charge >= 0.3 is 5.97 Å². The fraction of sp³-hybridized carbons (Fsp3) is 0.632. The van der Waals surface area contributed by atoms with Gasteiger partial charge in [0.1, 0.15) is 11.4 Å². The minimum Gasteiger partial charge on any atom is -0.497 e. The van der Waals surface area contributed by atoms with Gasteiger partial charge in [-0.3, -0.25) is 4.79 Å². The second-order valence-electron chi connectivity index (χ2n) is 6.65. The van der Waals surface area contributed by atoms with Crippen LogP contribution in [0.25, 0.3) is 0 Å². The molecule has 1 aliphatic carbocycles. The molecule has 2 atom stereocenters. The summed E-state index contributed by atoms with van der Waals surface area (Å²) in [5.41, 5.74) is 0.523. The zero-order chi connectivity index (χ0) is 16.9. The topological polar surface area (TPSA) is 38.8 Å². The Balaban J connectivity index is 2.46. The van der Waals surface area contributed by atoms with Crippen molar-refractivity contribution >= 4 is 5.97 Å². The van der Waals surface area contributed by atoms with E-state index in [1.165, 1.54) is 6.42 Å². The van der Waals surface area contributed by atoms with E-state index in [9.17, 15) is 4.79 Å². The van der Waals surface area contributed by atoms with Crippen LogP contribution in [0, 0.1) is 5.92 Å². The lowest BCUT2D eigenvalue weighted by atomic mass is 9.71. The van der Waals surface area contributed by atoms with Crippen LogP contribution < -0.4 is 4.74 Å². The molecule has 2 rings (SSSR count). The van der Waals surface area contributed by atoms with Crippen LogP contribution >= 0.6 is 0 Å². The highest BCUT2D eigenvalue weighted by atomic mass is 16.6. The van der Waals surface area contributed by atoms with Gasteiger partial charge in [-0.15, -0.1) is 0 Å². The first-order valence-corrected chi connectivity index (χ1v) is 8.53. The van der Waals surface area contributed by atoms with Gasteiger partial charge in [0.05, 0.1) is 7.11 Å². The van der Waals surface area contributed by atoms with Crippen molar-refractivity contribution in [1.29, 1.82) is 0 Å². The van der Waals surface area contributed by atoms with Crippen LogP contribution in [0.3, 0.4) is 0 Å². The highest BCUT2D eigenvalue weighted by molar-refractivity contribution is 5.69. The fourth-order valence-corrected chi connectivity index (χ4v) is 3.63. The molecular formula is C19H29NO3. The number of hydrogen-bond acceptors (Lipinski definition) is 4. The molecule has 0 aliphatic heterocycles. The second-order valence-corrected chi connectivity index (χ2v) is 6.65. The number of methoxy groups -OCH3 is 1. The Labute approximate surface area is 139 Å². The normalized spacial score (nSPS) is 24.5. The molecule has 1 aromatic carbocycles. The number of nitrogens with zero attached hydrogens (tertiary/aromatic N) is 1. The fourth-order valence-electron chi connectivity index (χ4n) is 3.63. The molecule has 0 spiro atoms. The summed E-state index contributed by atoms with van der Waals surface area (Å²) in [5.74, 6) is 0.982. The Morgan fingerprint density at radius 2 is 2.13 bits per heavy atom. The summed E-state index contributed by atoms with van der Waals surface area (Å²) >= 11 is 0. The maximum absolute atomic E-state index is 12.2. The Kier molecular flexibility index (Phi) is 6.05. The SMILES string of the molecule is CCC(=O)O[C@]1(c2cccc(OC)c2)CCCC[C@@H]1CN(C)C. The van der Waals surface area contributed by atoms with Crippen molar-refractivity contribution in [2.24, 2.45) is 5.92 Å². The molecule has 0 radical (unpaired) electrons. The van der Waals surface area contributed by atoms with Crippen molar-refractivity contribution in [3.63, 3.8) is 0 Å². The van der Waals surface area contributed by atoms with Crippen LogP contribution in [0.1, 0.15) is 44.6 Å². The molecule has 0 heterocycles. The number of rotatable bonds is 6. The van der Waals surface area contributed by atoms with E-state index in [4.69, 9.17) is 9.47 Å². The van der Waals surface area contributed by atoms with Crippen LogP contribution in [0.2, 0.25) is 0 Å². The van der Waals surface area contributed by atoms with Gasteiger partial charge in [0.25, 0.3) is 0 Å². The minimum absolute atomic E-state index is 0.126. The zero-order valence-corrected chi connectivity index (χ0v) is 14.8. The maximum atomic E-state index is 12.2. The van der Waals surface area contributed by atoms with Crippen molar-refractivity contribution in [2.45, 2.75) is 44.6 Å². The first-order chi connectivity index (χ1) is 11.0. The molecule has 0 unspecified atom stereocenters. The third-order valence-corrected chi connectivity index (χ3v) is 4.74. The quantitative estimate of drug-likeness (QED) is 0.751. The molecule has 1 aliphatic rings. The molecule has 4 heteroatoms. The van der Waals surface area contributed by atoms with Crippen LogP contribution in [-0.2, 0) is 15.1 Å². The Morgan fingerprint density at radius 3 is 2.78 bits per heavy atom. The molecule has 1 aromatic rings. The average Bonchev–Trinajstić information content (AvgIpc) is 2.56. The number of carbonyl (C=O) groups excluding carboxylic acids is 1. The second kappa shape index (κ2) is 7.82. The molecule has 128 valence electrons. The molecule has 1 saturated carbocycles. The Bertz CT molecular complexity index is 529. The van der Waals surface area contributed by atoms with E-state index in [-0.39, 0.29) is 5.97 Å². The van der Waals surface area contributed by atoms with Crippen LogP contribution in [-0.4, -0.2) is 38.6 Å². The van der Waals surface area contributed by atoms with E-state index in [0.717, 1.165) is 37.1 Å². The smallest absolute Gasteiger partial charge is 0.306 e. The van der Waals surface area contributed by atoms with Crippen molar-refractivity contribution in [1.82, 2.24) is 4.90 Å². The summed E-state index contributed by atoms with van der Waals surface area (Å²) in [5, 5.41) is 0. The lowest BCUT2D eigenvalue weighted by Crippen LogP contribution is -2.46. The van der Waals surface area contributed by atoms with E-state index in [1.807, 2.05) is 25.1 Å². The average molecular weight is 319 g/mol. The van der Waals surface area contributed by atoms with Gasteiger partial charge < -0.3 is 14.4 Å². The number of ether oxygens (including phenoxy) is 2. The molecule has 0 aromatic heterocycles. The molecule has 0 saturated heterocycles. The third-order valence-electron chi connectivity index (χ3n) is 4.74. The summed E-state index contributed by atoms with van der Waals surface area (Å²) in [7, 11) is 5.82. The highest BCUT2D eigenvalue weighted by Crippen LogP contribution is 2.46. The van der Waals surface area contributed by atoms with E-state index in [2.05, 4.69) is 25.1 Å². The van der Waals surface area contributed by atoms with Gasteiger partial charge in [-0.2, -0.15) is 0 Å². The largest absolute Gasteiger partial charge is 0.497 e. The van der Waals surface area contributed by atoms with E-state index >= 15 is 0 Å². The predicted molar refractivity (Wildman–Crippen MR) is 91.6 cm³/mol. The number of benzene rings is 1. The summed E-state index contributed by atoms with van der Waals surface area (Å²) in [6.07, 6.45) is 4.63. The molecule has 0 amide bonds. The van der Waals surface area contributed by atoms with E-state index < -0.39 is 5.60 Å². The summed E-state index contributed by atoms with van der Waals surface area (Å²) in [4.78, 5) is 14.4. The van der Waals surface area contributed by atoms with Gasteiger partial charge in [0.2, 0.25) is 0 Å². The first-order valence-electron chi connectivity index (χ1n) is 8.53. The standard InChI is InChI=1S/C19H29NO3/c1-5-18(21)23-19(15-10-8-11-17(13-15)22-4)12-7-6-9-16(19)14-20(2)3/h8,10-11,13,16H,5-7,9,12,14H2,1-4H3/t16-,19+/m1/s1. The monoisotopic (exact) mass is 319 g/mol. The molecule has 0 N–H and O–H groups in total. The van der Waals surface area contributed by atoms with Crippen molar-refractivity contribution in [3.8, 4) is 5.75 Å². The van der Waals surface area contributed by atoms with E-state index in [0.29, 0.717) is 12.3 Å². The van der Waals surface area contributed by atoms with Gasteiger partial charge in [-0.05, 0) is 51.1 Å². The van der Waals surface area contributed by atoms with Crippen LogP contribution in [0.15, 0.2) is 24.3 Å². The lowest BCUT2D eigenvalue weighted by Gasteiger charge is -2.45. The van der Waals surface area contributed by atoms with Gasteiger partial charge in [0.15, 0.2) is 0 Å². The Morgan fingerprint density at radius 1 is 1.35 bits per heavy atom. The number of esters is 1. The summed E-state index contributed by atoms with van der Waals surface area (Å²) in [6, 6.07) is 8.01. The maximum Gasteiger partial charge on any atom is 0.306 e. The first kappa shape index (κ1) is 17.8. The summed E-state index contributed by atoms with van der Waals surface area (Å²) in [6.45, 7) is 2.76. The van der Waals surface area contributed by atoms with Crippen molar-refractivity contribution < 1.29 is 14.3 Å². The third kappa shape index (κ3) is 4.05. The molecule has 4 nitrogen and oxygen atoms in total. The molecule has 0 bridgehead atoms. The Hall–Kier alpha value is -1.55. The molecule has 1 fully saturated rings. The van der Waals surface area contributed by atoms with Gasteiger partial charge in [-0.1, -0.05) is 25.5 Å². The highest BCUT2D eigenvalue weighted by Gasteiger charge is 2.45. The van der Waals surface area contributed by atoms with Gasteiger partial charge in [-0.25, -0.2) is 0 Å². The zero-order valence-electron chi connectivity index (χ0n) is 14.8. The van der Waals surface area contributed by atoms with E-state index in [1.54, 1.807) is 7.11 Å².